The molecule has 0 saturated heterocycles. The lowest BCUT2D eigenvalue weighted by molar-refractivity contribution is -0.117. The highest BCUT2D eigenvalue weighted by Crippen LogP contribution is 2.32. The number of fused-ring (bicyclic) bond motifs is 1. The minimum atomic E-state index is -0.266. The summed E-state index contributed by atoms with van der Waals surface area (Å²) in [5, 5.41) is 5.73. The zero-order chi connectivity index (χ0) is 19.3. The highest BCUT2D eigenvalue weighted by atomic mass is 16.2. The van der Waals surface area contributed by atoms with Crippen LogP contribution >= 0.6 is 0 Å². The smallest absolute Gasteiger partial charge is 0.256 e. The van der Waals surface area contributed by atoms with Gasteiger partial charge in [-0.05, 0) is 60.7 Å². The van der Waals surface area contributed by atoms with Gasteiger partial charge < -0.3 is 10.6 Å². The van der Waals surface area contributed by atoms with E-state index >= 15 is 0 Å². The molecule has 0 spiro atoms. The first-order valence-corrected chi connectivity index (χ1v) is 9.42. The van der Waals surface area contributed by atoms with Gasteiger partial charge in [0.2, 0.25) is 5.91 Å². The Hall–Kier alpha value is -3.47. The Morgan fingerprint density at radius 2 is 1.79 bits per heavy atom. The SMILES string of the molecule is O=C(Nc1ccccn1)c1cccc(NC(=O)C2CCCc3ccccc32)c1. The Morgan fingerprint density at radius 1 is 0.929 bits per heavy atom. The van der Waals surface area contributed by atoms with Crippen molar-refractivity contribution in [2.45, 2.75) is 25.2 Å². The van der Waals surface area contributed by atoms with Gasteiger partial charge in [0.25, 0.3) is 5.91 Å². The molecule has 3 aromatic rings. The third kappa shape index (κ3) is 3.93. The van der Waals surface area contributed by atoms with E-state index < -0.39 is 0 Å². The summed E-state index contributed by atoms with van der Waals surface area (Å²) in [5.41, 5.74) is 3.43. The fraction of sp³-hybridized carbons (Fsp3) is 0.174. The number of aryl methyl sites for hydroxylation is 1. The molecule has 140 valence electrons. The molecule has 5 heteroatoms. The first-order chi connectivity index (χ1) is 13.7. The molecule has 2 aromatic carbocycles. The quantitative estimate of drug-likeness (QED) is 0.714. The number of nitrogens with one attached hydrogen (secondary N) is 2. The molecular formula is C23H21N3O2. The van der Waals surface area contributed by atoms with E-state index in [9.17, 15) is 9.59 Å². The number of carbonyl (C=O) groups excluding carboxylic acids is 2. The van der Waals surface area contributed by atoms with Crippen molar-refractivity contribution < 1.29 is 9.59 Å². The van der Waals surface area contributed by atoms with Gasteiger partial charge in [0, 0.05) is 17.4 Å². The van der Waals surface area contributed by atoms with Crippen LogP contribution in [0.15, 0.2) is 72.9 Å². The van der Waals surface area contributed by atoms with Crippen LogP contribution < -0.4 is 10.6 Å². The van der Waals surface area contributed by atoms with Crippen molar-refractivity contribution in [1.82, 2.24) is 4.98 Å². The highest BCUT2D eigenvalue weighted by molar-refractivity contribution is 6.05. The molecule has 1 aromatic heterocycles. The minimum absolute atomic E-state index is 0.0329. The Labute approximate surface area is 163 Å². The molecule has 2 N–H and O–H groups in total. The number of carbonyl (C=O) groups is 2. The highest BCUT2D eigenvalue weighted by Gasteiger charge is 2.26. The number of amides is 2. The number of benzene rings is 2. The van der Waals surface area contributed by atoms with Gasteiger partial charge in [-0.1, -0.05) is 36.4 Å². The average Bonchev–Trinajstić information content (AvgIpc) is 2.74. The van der Waals surface area contributed by atoms with Gasteiger partial charge in [-0.25, -0.2) is 4.98 Å². The Kier molecular flexibility index (Phi) is 5.15. The van der Waals surface area contributed by atoms with Crippen molar-refractivity contribution in [1.29, 1.82) is 0 Å². The average molecular weight is 371 g/mol. The van der Waals surface area contributed by atoms with Crippen LogP contribution in [0.1, 0.15) is 40.2 Å². The maximum Gasteiger partial charge on any atom is 0.256 e. The zero-order valence-corrected chi connectivity index (χ0v) is 15.4. The summed E-state index contributed by atoms with van der Waals surface area (Å²) in [6, 6.07) is 20.4. The lowest BCUT2D eigenvalue weighted by Gasteiger charge is -2.24. The van der Waals surface area contributed by atoms with Crippen molar-refractivity contribution >= 4 is 23.3 Å². The molecule has 4 rings (SSSR count). The minimum Gasteiger partial charge on any atom is -0.326 e. The number of hydrogen-bond acceptors (Lipinski definition) is 3. The van der Waals surface area contributed by atoms with Crippen LogP contribution in [0.2, 0.25) is 0 Å². The van der Waals surface area contributed by atoms with Gasteiger partial charge in [0.05, 0.1) is 5.92 Å². The standard InChI is InChI=1S/C23H21N3O2/c27-22(26-21-13-3-4-14-24-21)17-9-5-10-18(15-17)25-23(28)20-12-6-8-16-7-1-2-11-19(16)20/h1-5,7,9-11,13-15,20H,6,8,12H2,(H,25,28)(H,24,26,27). The van der Waals surface area contributed by atoms with Crippen LogP contribution in [0.4, 0.5) is 11.5 Å². The predicted molar refractivity (Wildman–Crippen MR) is 109 cm³/mol. The normalized spacial score (nSPS) is 15.4. The zero-order valence-electron chi connectivity index (χ0n) is 15.4. The van der Waals surface area contributed by atoms with Crippen molar-refractivity contribution in [3.05, 3.63) is 89.6 Å². The lowest BCUT2D eigenvalue weighted by atomic mass is 9.82. The van der Waals surface area contributed by atoms with Gasteiger partial charge in [-0.2, -0.15) is 0 Å². The number of rotatable bonds is 4. The Morgan fingerprint density at radius 3 is 2.64 bits per heavy atom. The van der Waals surface area contributed by atoms with Crippen molar-refractivity contribution in [2.75, 3.05) is 10.6 Å². The number of anilines is 2. The largest absolute Gasteiger partial charge is 0.326 e. The maximum atomic E-state index is 12.9. The van der Waals surface area contributed by atoms with Crippen LogP contribution in [0.25, 0.3) is 0 Å². The van der Waals surface area contributed by atoms with Crippen LogP contribution in [-0.2, 0) is 11.2 Å². The summed E-state index contributed by atoms with van der Waals surface area (Å²) in [5.74, 6) is 0.0314. The van der Waals surface area contributed by atoms with E-state index in [2.05, 4.69) is 21.7 Å². The maximum absolute atomic E-state index is 12.9. The second kappa shape index (κ2) is 8.05. The van der Waals surface area contributed by atoms with Gasteiger partial charge in [0.15, 0.2) is 0 Å². The van der Waals surface area contributed by atoms with Crippen molar-refractivity contribution in [3.63, 3.8) is 0 Å². The second-order valence-corrected chi connectivity index (χ2v) is 6.88. The molecule has 1 aliphatic carbocycles. The van der Waals surface area contributed by atoms with Crippen LogP contribution in [0.3, 0.4) is 0 Å². The number of aromatic nitrogens is 1. The van der Waals surface area contributed by atoms with Crippen molar-refractivity contribution in [3.8, 4) is 0 Å². The van der Waals surface area contributed by atoms with E-state index in [1.165, 1.54) is 5.56 Å². The molecule has 0 aliphatic heterocycles. The van der Waals surface area contributed by atoms with E-state index in [0.29, 0.717) is 17.1 Å². The summed E-state index contributed by atoms with van der Waals surface area (Å²) in [6.45, 7) is 0. The second-order valence-electron chi connectivity index (χ2n) is 6.88. The van der Waals surface area contributed by atoms with Crippen LogP contribution in [-0.4, -0.2) is 16.8 Å². The molecule has 1 atom stereocenters. The van der Waals surface area contributed by atoms with Crippen LogP contribution in [0.5, 0.6) is 0 Å². The predicted octanol–water partition coefficient (Wildman–Crippen LogP) is 4.39. The monoisotopic (exact) mass is 371 g/mol. The van der Waals surface area contributed by atoms with Gasteiger partial charge in [-0.15, -0.1) is 0 Å². The summed E-state index contributed by atoms with van der Waals surface area (Å²) >= 11 is 0. The molecule has 1 aliphatic rings. The van der Waals surface area contributed by atoms with E-state index in [0.717, 1.165) is 24.8 Å². The first kappa shape index (κ1) is 17.9. The molecular weight excluding hydrogens is 350 g/mol. The third-order valence-corrected chi connectivity index (χ3v) is 4.98. The number of pyridine rings is 1. The summed E-state index contributed by atoms with van der Waals surface area (Å²) in [4.78, 5) is 29.4. The van der Waals surface area contributed by atoms with Gasteiger partial charge in [0.1, 0.15) is 5.82 Å². The first-order valence-electron chi connectivity index (χ1n) is 9.42. The summed E-state index contributed by atoms with van der Waals surface area (Å²) in [7, 11) is 0. The molecule has 0 radical (unpaired) electrons. The van der Waals surface area contributed by atoms with E-state index in [1.54, 1.807) is 48.7 Å². The van der Waals surface area contributed by atoms with E-state index in [-0.39, 0.29) is 17.7 Å². The van der Waals surface area contributed by atoms with Gasteiger partial charge in [-0.3, -0.25) is 9.59 Å². The Bertz CT molecular complexity index is 1000. The molecule has 0 saturated carbocycles. The van der Waals surface area contributed by atoms with E-state index in [1.807, 2.05) is 18.2 Å². The van der Waals surface area contributed by atoms with E-state index in [4.69, 9.17) is 0 Å². The fourth-order valence-electron chi connectivity index (χ4n) is 3.62. The topological polar surface area (TPSA) is 71.1 Å². The van der Waals surface area contributed by atoms with Crippen LogP contribution in [0, 0.1) is 0 Å². The molecule has 1 heterocycles. The molecule has 0 fully saturated rings. The third-order valence-electron chi connectivity index (χ3n) is 4.98. The molecule has 5 nitrogen and oxygen atoms in total. The number of hydrogen-bond donors (Lipinski definition) is 2. The molecule has 1 unspecified atom stereocenters. The summed E-state index contributed by atoms with van der Waals surface area (Å²) < 4.78 is 0. The van der Waals surface area contributed by atoms with Gasteiger partial charge >= 0.3 is 0 Å². The number of nitrogens with zero attached hydrogens (tertiary/aromatic N) is 1. The Balaban J connectivity index is 1.48. The fourth-order valence-corrected chi connectivity index (χ4v) is 3.62. The molecule has 0 bridgehead atoms. The van der Waals surface area contributed by atoms with Crippen molar-refractivity contribution in [2.24, 2.45) is 0 Å². The molecule has 2 amide bonds. The summed E-state index contributed by atoms with van der Waals surface area (Å²) in [6.07, 6.45) is 4.47. The lowest BCUT2D eigenvalue weighted by Crippen LogP contribution is -2.24. The molecule has 28 heavy (non-hydrogen) atoms.